The molecule has 27 heavy (non-hydrogen) atoms. The van der Waals surface area contributed by atoms with Crippen molar-refractivity contribution in [2.45, 2.75) is 59.5 Å². The number of carbonyl (C=O) groups excluding carboxylic acids is 1. The summed E-state index contributed by atoms with van der Waals surface area (Å²) < 4.78 is 7.64. The molecule has 4 rings (SSSR count). The maximum Gasteiger partial charge on any atom is 0.253 e. The lowest BCUT2D eigenvalue weighted by Crippen LogP contribution is -2.52. The predicted molar refractivity (Wildman–Crippen MR) is 107 cm³/mol. The molecule has 5 heteroatoms. The van der Waals surface area contributed by atoms with Crippen molar-refractivity contribution in [3.63, 3.8) is 0 Å². The van der Waals surface area contributed by atoms with Crippen molar-refractivity contribution >= 4 is 5.91 Å². The number of morpholine rings is 1. The standard InChI is InChI=1S/C22H35N3O2/c1-16-18(6-8-25(16)10-9-24-11-13-27-14-12-24)19(26)23-20-21(2,3)17-5-7-22(20,4)15-17/h6,8,17,20H,5,7,9-15H2,1-4H3,(H,23,26). The Morgan fingerprint density at radius 3 is 2.67 bits per heavy atom. The molecule has 2 bridgehead atoms. The predicted octanol–water partition coefficient (Wildman–Crippen LogP) is 3.07. The Hall–Kier alpha value is -1.33. The minimum absolute atomic E-state index is 0.101. The number of fused-ring (bicyclic) bond motifs is 2. The monoisotopic (exact) mass is 373 g/mol. The Kier molecular flexibility index (Phi) is 4.88. The molecule has 2 heterocycles. The van der Waals surface area contributed by atoms with Gasteiger partial charge in [0.05, 0.1) is 18.8 Å². The van der Waals surface area contributed by atoms with Gasteiger partial charge in [-0.1, -0.05) is 20.8 Å². The second kappa shape index (κ2) is 6.93. The molecule has 3 atom stereocenters. The third-order valence-corrected chi connectivity index (χ3v) is 7.79. The summed E-state index contributed by atoms with van der Waals surface area (Å²) in [5, 5.41) is 3.44. The molecule has 1 N–H and O–H groups in total. The number of hydrogen-bond acceptors (Lipinski definition) is 3. The second-order valence-corrected chi connectivity index (χ2v) is 9.78. The molecule has 2 saturated carbocycles. The van der Waals surface area contributed by atoms with E-state index in [1.165, 1.54) is 19.3 Å². The highest BCUT2D eigenvalue weighted by molar-refractivity contribution is 5.95. The Morgan fingerprint density at radius 1 is 1.26 bits per heavy atom. The molecule has 0 radical (unpaired) electrons. The molecule has 1 amide bonds. The fraction of sp³-hybridized carbons (Fsp3) is 0.773. The van der Waals surface area contributed by atoms with Gasteiger partial charge in [-0.15, -0.1) is 0 Å². The molecule has 1 aromatic rings. The van der Waals surface area contributed by atoms with E-state index >= 15 is 0 Å². The van der Waals surface area contributed by atoms with Gasteiger partial charge in [0.1, 0.15) is 0 Å². The fourth-order valence-corrected chi connectivity index (χ4v) is 5.98. The molecule has 1 aliphatic heterocycles. The van der Waals surface area contributed by atoms with Gasteiger partial charge in [0, 0.05) is 44.1 Å². The summed E-state index contributed by atoms with van der Waals surface area (Å²) in [5.74, 6) is 0.844. The zero-order valence-electron chi connectivity index (χ0n) is 17.4. The van der Waals surface area contributed by atoms with Gasteiger partial charge in [-0.25, -0.2) is 0 Å². The third kappa shape index (κ3) is 3.33. The van der Waals surface area contributed by atoms with E-state index in [9.17, 15) is 4.79 Å². The van der Waals surface area contributed by atoms with Gasteiger partial charge in [-0.05, 0) is 49.0 Å². The molecule has 150 valence electrons. The van der Waals surface area contributed by atoms with Gasteiger partial charge in [0.25, 0.3) is 5.91 Å². The van der Waals surface area contributed by atoms with Crippen LogP contribution in [0.2, 0.25) is 0 Å². The normalized spacial score (nSPS) is 32.7. The van der Waals surface area contributed by atoms with E-state index in [-0.39, 0.29) is 22.8 Å². The fourth-order valence-electron chi connectivity index (χ4n) is 5.98. The number of nitrogens with one attached hydrogen (secondary N) is 1. The molecule has 0 aromatic carbocycles. The lowest BCUT2D eigenvalue weighted by atomic mass is 9.68. The number of ether oxygens (including phenoxy) is 1. The zero-order chi connectivity index (χ0) is 19.2. The van der Waals surface area contributed by atoms with Gasteiger partial charge in [-0.2, -0.15) is 0 Å². The summed E-state index contributed by atoms with van der Waals surface area (Å²) in [6.45, 7) is 14.7. The van der Waals surface area contributed by atoms with Crippen molar-refractivity contribution in [1.29, 1.82) is 0 Å². The van der Waals surface area contributed by atoms with Crippen LogP contribution < -0.4 is 5.32 Å². The van der Waals surface area contributed by atoms with E-state index in [1.54, 1.807) is 0 Å². The second-order valence-electron chi connectivity index (χ2n) is 9.78. The van der Waals surface area contributed by atoms with Crippen LogP contribution in [0.4, 0.5) is 0 Å². The molecule has 0 spiro atoms. The number of carbonyl (C=O) groups is 1. The summed E-state index contributed by atoms with van der Waals surface area (Å²) >= 11 is 0. The summed E-state index contributed by atoms with van der Waals surface area (Å²) in [5.41, 5.74) is 2.36. The first-order chi connectivity index (χ1) is 12.8. The largest absolute Gasteiger partial charge is 0.379 e. The minimum Gasteiger partial charge on any atom is -0.379 e. The van der Waals surface area contributed by atoms with E-state index in [1.807, 2.05) is 6.07 Å². The van der Waals surface area contributed by atoms with Crippen molar-refractivity contribution < 1.29 is 9.53 Å². The van der Waals surface area contributed by atoms with Crippen LogP contribution in [0.3, 0.4) is 0 Å². The van der Waals surface area contributed by atoms with Crippen molar-refractivity contribution in [3.8, 4) is 0 Å². The zero-order valence-corrected chi connectivity index (χ0v) is 17.4. The average molecular weight is 374 g/mol. The van der Waals surface area contributed by atoms with Gasteiger partial charge in [-0.3, -0.25) is 9.69 Å². The van der Waals surface area contributed by atoms with Crippen LogP contribution >= 0.6 is 0 Å². The van der Waals surface area contributed by atoms with Gasteiger partial charge in [0.15, 0.2) is 0 Å². The third-order valence-electron chi connectivity index (χ3n) is 7.79. The summed E-state index contributed by atoms with van der Waals surface area (Å²) in [6, 6.07) is 2.26. The molecular weight excluding hydrogens is 338 g/mol. The van der Waals surface area contributed by atoms with Crippen molar-refractivity contribution in [1.82, 2.24) is 14.8 Å². The Balaban J connectivity index is 1.41. The number of aromatic nitrogens is 1. The average Bonchev–Trinajstić information content (AvgIpc) is 3.26. The van der Waals surface area contributed by atoms with Crippen molar-refractivity contribution in [2.75, 3.05) is 32.8 Å². The van der Waals surface area contributed by atoms with Gasteiger partial charge in [0.2, 0.25) is 0 Å². The van der Waals surface area contributed by atoms with Crippen molar-refractivity contribution in [2.24, 2.45) is 16.7 Å². The first kappa shape index (κ1) is 19.0. The highest BCUT2D eigenvalue weighted by Gasteiger charge is 2.59. The minimum atomic E-state index is 0.101. The Bertz CT molecular complexity index is 700. The highest BCUT2D eigenvalue weighted by atomic mass is 16.5. The lowest BCUT2D eigenvalue weighted by molar-refractivity contribution is 0.0363. The smallest absolute Gasteiger partial charge is 0.253 e. The number of rotatable bonds is 5. The van der Waals surface area contributed by atoms with E-state index in [2.05, 4.69) is 48.7 Å². The van der Waals surface area contributed by atoms with Crippen LogP contribution in [0, 0.1) is 23.7 Å². The van der Waals surface area contributed by atoms with E-state index in [4.69, 9.17) is 4.74 Å². The Morgan fingerprint density at radius 2 is 2.00 bits per heavy atom. The lowest BCUT2D eigenvalue weighted by Gasteiger charge is -2.43. The van der Waals surface area contributed by atoms with Crippen LogP contribution in [0.15, 0.2) is 12.3 Å². The molecule has 5 nitrogen and oxygen atoms in total. The molecule has 2 aliphatic carbocycles. The first-order valence-corrected chi connectivity index (χ1v) is 10.6. The molecule has 3 aliphatic rings. The van der Waals surface area contributed by atoms with Crippen molar-refractivity contribution in [3.05, 3.63) is 23.5 Å². The maximum atomic E-state index is 13.1. The SMILES string of the molecule is Cc1c(C(=O)NC2C3(C)CCC(C3)C2(C)C)ccn1CCN1CCOCC1. The van der Waals surface area contributed by atoms with Crippen LogP contribution in [-0.2, 0) is 11.3 Å². The van der Waals surface area contributed by atoms with Crippen LogP contribution in [0.5, 0.6) is 0 Å². The molecule has 3 fully saturated rings. The van der Waals surface area contributed by atoms with E-state index in [0.29, 0.717) is 0 Å². The molecule has 1 saturated heterocycles. The number of nitrogens with zero attached hydrogens (tertiary/aromatic N) is 2. The van der Waals surface area contributed by atoms with Gasteiger partial charge >= 0.3 is 0 Å². The maximum absolute atomic E-state index is 13.1. The molecule has 1 aromatic heterocycles. The van der Waals surface area contributed by atoms with Crippen LogP contribution in [-0.4, -0.2) is 54.3 Å². The quantitative estimate of drug-likeness (QED) is 0.863. The molecular formula is C22H35N3O2. The van der Waals surface area contributed by atoms with Gasteiger partial charge < -0.3 is 14.6 Å². The van der Waals surface area contributed by atoms with Crippen LogP contribution in [0.1, 0.15) is 56.1 Å². The Labute approximate surface area is 163 Å². The van der Waals surface area contributed by atoms with E-state index in [0.717, 1.165) is 56.6 Å². The summed E-state index contributed by atoms with van der Waals surface area (Å²) in [6.07, 6.45) is 5.88. The molecule has 3 unspecified atom stereocenters. The number of amides is 1. The highest BCUT2D eigenvalue weighted by Crippen LogP contribution is 2.62. The summed E-state index contributed by atoms with van der Waals surface area (Å²) in [7, 11) is 0. The summed E-state index contributed by atoms with van der Waals surface area (Å²) in [4.78, 5) is 15.5. The topological polar surface area (TPSA) is 46.5 Å². The number of hydrogen-bond donors (Lipinski definition) is 1. The van der Waals surface area contributed by atoms with Crippen LogP contribution in [0.25, 0.3) is 0 Å². The first-order valence-electron chi connectivity index (χ1n) is 10.6. The van der Waals surface area contributed by atoms with E-state index < -0.39 is 0 Å².